The van der Waals surface area contributed by atoms with E-state index in [-0.39, 0.29) is 12.1 Å². The quantitative estimate of drug-likeness (QED) is 0.807. The number of piperidine rings is 1. The SMILES string of the molecule is CCCCC1CC(N)C[N+](C(=O)OC)(C2CC(C)C2)C1. The van der Waals surface area contributed by atoms with E-state index in [1.807, 2.05) is 0 Å². The van der Waals surface area contributed by atoms with Crippen LogP contribution in [0.5, 0.6) is 0 Å². The average Bonchev–Trinajstić information content (AvgIpc) is 2.40. The van der Waals surface area contributed by atoms with Crippen molar-refractivity contribution in [2.24, 2.45) is 17.6 Å². The lowest BCUT2D eigenvalue weighted by atomic mass is 9.76. The lowest BCUT2D eigenvalue weighted by molar-refractivity contribution is -0.899. The number of unbranched alkanes of at least 4 members (excludes halogenated alkanes) is 1. The van der Waals surface area contributed by atoms with Crippen molar-refractivity contribution in [3.8, 4) is 0 Å². The zero-order chi connectivity index (χ0) is 14.8. The molecule has 2 N–H and O–H groups in total. The molecule has 0 spiro atoms. The molecule has 4 heteroatoms. The summed E-state index contributed by atoms with van der Waals surface area (Å²) >= 11 is 0. The van der Waals surface area contributed by atoms with E-state index in [0.29, 0.717) is 16.4 Å². The van der Waals surface area contributed by atoms with Crippen molar-refractivity contribution in [3.05, 3.63) is 0 Å². The Morgan fingerprint density at radius 3 is 2.55 bits per heavy atom. The van der Waals surface area contributed by atoms with Gasteiger partial charge in [0, 0.05) is 18.8 Å². The first-order valence-electron chi connectivity index (χ1n) is 8.22. The normalized spacial score (nSPS) is 41.0. The van der Waals surface area contributed by atoms with Crippen molar-refractivity contribution in [2.45, 2.75) is 64.5 Å². The van der Waals surface area contributed by atoms with Crippen molar-refractivity contribution >= 4 is 6.09 Å². The van der Waals surface area contributed by atoms with Gasteiger partial charge in [0.05, 0.1) is 25.7 Å². The maximum atomic E-state index is 12.5. The van der Waals surface area contributed by atoms with Gasteiger partial charge < -0.3 is 10.5 Å². The van der Waals surface area contributed by atoms with Crippen LogP contribution in [0.25, 0.3) is 0 Å². The van der Waals surface area contributed by atoms with Gasteiger partial charge in [-0.15, -0.1) is 0 Å². The number of amides is 1. The third kappa shape index (κ3) is 3.01. The standard InChI is InChI=1S/C16H31N2O2/c1-4-5-6-13-9-14(17)11-18(10-13,16(19)20-3)15-7-12(2)8-15/h12-15H,4-11,17H2,1-3H3/q+1. The number of carbonyl (C=O) groups is 1. The van der Waals surface area contributed by atoms with Crippen LogP contribution in [0, 0.1) is 11.8 Å². The van der Waals surface area contributed by atoms with Crippen LogP contribution in [0.1, 0.15) is 52.4 Å². The summed E-state index contributed by atoms with van der Waals surface area (Å²) in [5, 5.41) is 0. The minimum absolute atomic E-state index is 0.0569. The van der Waals surface area contributed by atoms with Crippen LogP contribution in [0.2, 0.25) is 0 Å². The Balaban J connectivity index is 2.14. The molecule has 0 radical (unpaired) electrons. The zero-order valence-corrected chi connectivity index (χ0v) is 13.3. The summed E-state index contributed by atoms with van der Waals surface area (Å²) < 4.78 is 5.66. The molecular weight excluding hydrogens is 252 g/mol. The molecule has 4 nitrogen and oxygen atoms in total. The fourth-order valence-electron chi connectivity index (χ4n) is 4.27. The highest BCUT2D eigenvalue weighted by molar-refractivity contribution is 5.60. The van der Waals surface area contributed by atoms with Crippen LogP contribution in [-0.4, -0.2) is 42.9 Å². The summed E-state index contributed by atoms with van der Waals surface area (Å²) in [4.78, 5) is 12.5. The van der Waals surface area contributed by atoms with Crippen LogP contribution in [0.15, 0.2) is 0 Å². The maximum Gasteiger partial charge on any atom is 0.516 e. The van der Waals surface area contributed by atoms with E-state index < -0.39 is 0 Å². The number of hydrogen-bond donors (Lipinski definition) is 1. The summed E-state index contributed by atoms with van der Waals surface area (Å²) in [7, 11) is 1.52. The predicted molar refractivity (Wildman–Crippen MR) is 80.2 cm³/mol. The second-order valence-electron chi connectivity index (χ2n) is 7.10. The highest BCUT2D eigenvalue weighted by atomic mass is 16.5. The second-order valence-corrected chi connectivity index (χ2v) is 7.10. The Morgan fingerprint density at radius 1 is 1.30 bits per heavy atom. The van der Waals surface area contributed by atoms with Gasteiger partial charge in [-0.3, -0.25) is 0 Å². The van der Waals surface area contributed by atoms with E-state index in [1.165, 1.54) is 26.4 Å². The molecule has 0 aromatic rings. The van der Waals surface area contributed by atoms with Crippen molar-refractivity contribution in [1.29, 1.82) is 0 Å². The Hall–Kier alpha value is -0.610. The topological polar surface area (TPSA) is 52.3 Å². The number of likely N-dealkylation sites (tertiary alicyclic amines) is 1. The number of carbonyl (C=O) groups excluding carboxylic acids is 1. The number of ether oxygens (including phenoxy) is 1. The Labute approximate surface area is 123 Å². The van der Waals surface area contributed by atoms with Crippen molar-refractivity contribution in [3.63, 3.8) is 0 Å². The molecule has 2 aliphatic rings. The molecule has 1 amide bonds. The van der Waals surface area contributed by atoms with Crippen LogP contribution >= 0.6 is 0 Å². The van der Waals surface area contributed by atoms with Crippen LogP contribution in [-0.2, 0) is 4.74 Å². The van der Waals surface area contributed by atoms with E-state index in [2.05, 4.69) is 13.8 Å². The Kier molecular flexibility index (Phi) is 5.08. The maximum absolute atomic E-state index is 12.5. The van der Waals surface area contributed by atoms with Gasteiger partial charge in [-0.05, 0) is 18.8 Å². The molecule has 2 rings (SSSR count). The zero-order valence-electron chi connectivity index (χ0n) is 13.3. The van der Waals surface area contributed by atoms with Gasteiger partial charge in [-0.25, -0.2) is 4.48 Å². The van der Waals surface area contributed by atoms with Gasteiger partial charge in [0.2, 0.25) is 0 Å². The number of nitrogens with zero attached hydrogens (tertiary/aromatic N) is 1. The summed E-state index contributed by atoms with van der Waals surface area (Å²) in [5.74, 6) is 1.32. The van der Waals surface area contributed by atoms with Gasteiger partial charge in [-0.1, -0.05) is 26.7 Å². The Bertz CT molecular complexity index is 341. The monoisotopic (exact) mass is 283 g/mol. The Morgan fingerprint density at radius 2 is 2.00 bits per heavy atom. The molecule has 1 heterocycles. The fourth-order valence-corrected chi connectivity index (χ4v) is 4.27. The average molecular weight is 283 g/mol. The van der Waals surface area contributed by atoms with E-state index in [9.17, 15) is 4.79 Å². The molecule has 3 unspecified atom stereocenters. The second kappa shape index (κ2) is 6.44. The van der Waals surface area contributed by atoms with E-state index in [0.717, 1.165) is 38.3 Å². The molecule has 0 aromatic heterocycles. The first-order chi connectivity index (χ1) is 9.51. The van der Waals surface area contributed by atoms with Crippen molar-refractivity contribution in [1.82, 2.24) is 0 Å². The van der Waals surface area contributed by atoms with Crippen molar-refractivity contribution in [2.75, 3.05) is 20.2 Å². The molecule has 116 valence electrons. The summed E-state index contributed by atoms with van der Waals surface area (Å²) in [5.41, 5.74) is 6.29. The molecule has 20 heavy (non-hydrogen) atoms. The minimum atomic E-state index is -0.0569. The highest BCUT2D eigenvalue weighted by Crippen LogP contribution is 2.40. The van der Waals surface area contributed by atoms with Crippen LogP contribution < -0.4 is 5.73 Å². The molecule has 1 aliphatic heterocycles. The smallest absolute Gasteiger partial charge is 0.423 e. The summed E-state index contributed by atoms with van der Waals surface area (Å²) in [6, 6.07) is 0.577. The van der Waals surface area contributed by atoms with E-state index in [4.69, 9.17) is 10.5 Å². The third-order valence-corrected chi connectivity index (χ3v) is 5.33. The van der Waals surface area contributed by atoms with Gasteiger partial charge in [0.1, 0.15) is 6.54 Å². The molecule has 3 atom stereocenters. The lowest BCUT2D eigenvalue weighted by Crippen LogP contribution is -2.70. The first-order valence-corrected chi connectivity index (χ1v) is 8.22. The van der Waals surface area contributed by atoms with Gasteiger partial charge in [0.25, 0.3) is 0 Å². The molecule has 2 fully saturated rings. The van der Waals surface area contributed by atoms with Crippen LogP contribution in [0.4, 0.5) is 4.79 Å². The molecule has 0 bridgehead atoms. The molecule has 1 saturated carbocycles. The van der Waals surface area contributed by atoms with E-state index >= 15 is 0 Å². The van der Waals surface area contributed by atoms with Crippen molar-refractivity contribution < 1.29 is 14.0 Å². The van der Waals surface area contributed by atoms with Gasteiger partial charge >= 0.3 is 6.09 Å². The highest BCUT2D eigenvalue weighted by Gasteiger charge is 2.54. The van der Waals surface area contributed by atoms with Crippen LogP contribution in [0.3, 0.4) is 0 Å². The molecule has 1 aliphatic carbocycles. The van der Waals surface area contributed by atoms with Gasteiger partial charge in [-0.2, -0.15) is 4.79 Å². The number of rotatable bonds is 4. The first kappa shape index (κ1) is 15.8. The number of nitrogens with two attached hydrogens (primary N) is 1. The van der Waals surface area contributed by atoms with E-state index in [1.54, 1.807) is 0 Å². The third-order valence-electron chi connectivity index (χ3n) is 5.33. The number of quaternary nitrogens is 1. The minimum Gasteiger partial charge on any atom is -0.423 e. The number of hydrogen-bond acceptors (Lipinski definition) is 3. The summed E-state index contributed by atoms with van der Waals surface area (Å²) in [6.07, 6.45) is 6.94. The molecule has 1 saturated heterocycles. The number of methoxy groups -OCH3 is 1. The summed E-state index contributed by atoms with van der Waals surface area (Å²) in [6.45, 7) is 6.20. The lowest BCUT2D eigenvalue weighted by Gasteiger charge is -2.51. The predicted octanol–water partition coefficient (Wildman–Crippen LogP) is 2.91. The largest absolute Gasteiger partial charge is 0.516 e. The molecule has 0 aromatic carbocycles. The van der Waals surface area contributed by atoms with Gasteiger partial charge in [0.15, 0.2) is 0 Å². The molecular formula is C16H31N2O2+. The fraction of sp³-hybridized carbons (Fsp3) is 0.938.